The van der Waals surface area contributed by atoms with Gasteiger partial charge < -0.3 is 35.8 Å². The van der Waals surface area contributed by atoms with Crippen LogP contribution in [0.15, 0.2) is 66.9 Å². The van der Waals surface area contributed by atoms with Crippen LogP contribution >= 0.6 is 0 Å². The average molecular weight is 564 g/mol. The molecule has 0 bridgehead atoms. The topological polar surface area (TPSA) is 168 Å². The summed E-state index contributed by atoms with van der Waals surface area (Å²) in [5.41, 5.74) is 3.41. The molecule has 0 aliphatic heterocycles. The number of rotatable bonds is 14. The van der Waals surface area contributed by atoms with Crippen molar-refractivity contribution < 1.29 is 33.8 Å². The minimum Gasteiger partial charge on any atom is -0.481 e. The predicted octanol–water partition coefficient (Wildman–Crippen LogP) is 3.51. The van der Waals surface area contributed by atoms with E-state index in [2.05, 4.69) is 26.3 Å². The van der Waals surface area contributed by atoms with E-state index in [4.69, 9.17) is 9.47 Å². The lowest BCUT2D eigenvalue weighted by Crippen LogP contribution is -2.33. The van der Waals surface area contributed by atoms with Crippen molar-refractivity contribution in [3.63, 3.8) is 0 Å². The van der Waals surface area contributed by atoms with E-state index in [0.717, 1.165) is 11.1 Å². The van der Waals surface area contributed by atoms with Crippen molar-refractivity contribution in [1.29, 1.82) is 0 Å². The Morgan fingerprint density at radius 3 is 2.32 bits per heavy atom. The quantitative estimate of drug-likeness (QED) is 0.186. The van der Waals surface area contributed by atoms with Crippen LogP contribution in [-0.2, 0) is 30.3 Å². The minimum absolute atomic E-state index is 0.0693. The van der Waals surface area contributed by atoms with E-state index in [-0.39, 0.29) is 43.8 Å². The Morgan fingerprint density at radius 2 is 1.66 bits per heavy atom. The van der Waals surface area contributed by atoms with Crippen LogP contribution < -0.4 is 21.3 Å². The molecular formula is C29H33N5O7. The minimum atomic E-state index is -1.10. The zero-order valence-electron chi connectivity index (χ0n) is 22.8. The second-order valence-electron chi connectivity index (χ2n) is 9.06. The number of hydrogen-bond donors (Lipinski definition) is 5. The van der Waals surface area contributed by atoms with Gasteiger partial charge in [-0.05, 0) is 47.9 Å². The number of amides is 4. The first-order valence-corrected chi connectivity index (χ1v) is 12.8. The molecule has 4 amide bonds. The highest BCUT2D eigenvalue weighted by Gasteiger charge is 2.19. The fraction of sp³-hybridized carbons (Fsp3) is 0.276. The van der Waals surface area contributed by atoms with Crippen molar-refractivity contribution in [3.8, 4) is 0 Å². The number of carbonyl (C=O) groups is 4. The second-order valence-corrected chi connectivity index (χ2v) is 9.06. The number of carboxylic acid groups (broad SMARTS) is 1. The van der Waals surface area contributed by atoms with Gasteiger partial charge in [-0.25, -0.2) is 9.78 Å². The molecule has 1 aromatic heterocycles. The molecule has 216 valence electrons. The van der Waals surface area contributed by atoms with Crippen LogP contribution in [-0.4, -0.2) is 60.8 Å². The Labute approximate surface area is 237 Å². The number of pyridine rings is 1. The maximum absolute atomic E-state index is 12.5. The van der Waals surface area contributed by atoms with Gasteiger partial charge in [0, 0.05) is 24.7 Å². The molecule has 1 heterocycles. The Kier molecular flexibility index (Phi) is 11.8. The van der Waals surface area contributed by atoms with E-state index < -0.39 is 17.9 Å². The number of carbonyl (C=O) groups excluding carboxylic acids is 3. The van der Waals surface area contributed by atoms with Crippen molar-refractivity contribution >= 4 is 41.0 Å². The molecule has 3 aromatic rings. The lowest BCUT2D eigenvalue weighted by Gasteiger charge is -2.17. The SMILES string of the molecule is COCCOCC(=O)NC(CC(=O)O)c1ccc(NC(=O)Cc2ccc(NC(=O)Nc3ccccc3C)cc2)nc1. The number of ether oxygens (including phenoxy) is 2. The normalized spacial score (nSPS) is 11.3. The molecule has 5 N–H and O–H groups in total. The average Bonchev–Trinajstić information content (AvgIpc) is 2.93. The zero-order chi connectivity index (χ0) is 29.6. The number of benzene rings is 2. The van der Waals surface area contributed by atoms with Crippen LogP contribution in [0.5, 0.6) is 0 Å². The number of anilines is 3. The maximum atomic E-state index is 12.5. The smallest absolute Gasteiger partial charge is 0.323 e. The maximum Gasteiger partial charge on any atom is 0.323 e. The first-order valence-electron chi connectivity index (χ1n) is 12.8. The number of nitrogens with zero attached hydrogens (tertiary/aromatic N) is 1. The zero-order valence-corrected chi connectivity index (χ0v) is 22.8. The van der Waals surface area contributed by atoms with Crippen molar-refractivity contribution in [3.05, 3.63) is 83.6 Å². The van der Waals surface area contributed by atoms with E-state index in [9.17, 15) is 24.3 Å². The van der Waals surface area contributed by atoms with Crippen molar-refractivity contribution in [2.45, 2.75) is 25.8 Å². The van der Waals surface area contributed by atoms with Crippen LogP contribution in [0.2, 0.25) is 0 Å². The number of methoxy groups -OCH3 is 1. The van der Waals surface area contributed by atoms with Gasteiger partial charge in [0.25, 0.3) is 0 Å². The lowest BCUT2D eigenvalue weighted by atomic mass is 10.1. The highest BCUT2D eigenvalue weighted by molar-refractivity contribution is 6.00. The molecule has 0 fully saturated rings. The number of aryl methyl sites for hydroxylation is 1. The summed E-state index contributed by atoms with van der Waals surface area (Å²) in [6, 6.07) is 16.2. The molecule has 2 aromatic carbocycles. The van der Waals surface area contributed by atoms with Gasteiger partial charge >= 0.3 is 12.0 Å². The second kappa shape index (κ2) is 15.7. The molecule has 0 saturated carbocycles. The third-order valence-corrected chi connectivity index (χ3v) is 5.80. The summed E-state index contributed by atoms with van der Waals surface area (Å²) in [4.78, 5) is 52.5. The highest BCUT2D eigenvalue weighted by Crippen LogP contribution is 2.19. The first kappa shape index (κ1) is 30.7. The van der Waals surface area contributed by atoms with Crippen molar-refractivity contribution in [2.24, 2.45) is 0 Å². The van der Waals surface area contributed by atoms with Gasteiger partial charge in [-0.2, -0.15) is 0 Å². The Bertz CT molecular complexity index is 1330. The summed E-state index contributed by atoms with van der Waals surface area (Å²) in [5, 5.41) is 20.1. The number of para-hydroxylation sites is 1. The predicted molar refractivity (Wildman–Crippen MR) is 153 cm³/mol. The molecular weight excluding hydrogens is 530 g/mol. The monoisotopic (exact) mass is 563 g/mol. The summed E-state index contributed by atoms with van der Waals surface area (Å²) >= 11 is 0. The lowest BCUT2D eigenvalue weighted by molar-refractivity contribution is -0.138. The molecule has 0 spiro atoms. The van der Waals surface area contributed by atoms with E-state index in [1.807, 2.05) is 31.2 Å². The number of nitrogens with one attached hydrogen (secondary N) is 4. The fourth-order valence-electron chi connectivity index (χ4n) is 3.73. The van der Waals surface area contributed by atoms with Gasteiger partial charge in [-0.3, -0.25) is 14.4 Å². The van der Waals surface area contributed by atoms with Gasteiger partial charge in [-0.15, -0.1) is 0 Å². The molecule has 3 rings (SSSR count). The standard InChI is InChI=1S/C29H33N5O7/c1-19-5-3-4-6-23(19)33-29(39)31-22-10-7-20(8-11-22)15-26(35)34-25-12-9-21(17-30-25)24(16-28(37)38)32-27(36)18-41-14-13-40-2/h3-12,17,24H,13-16,18H2,1-2H3,(H,32,36)(H,37,38)(H,30,34,35)(H2,31,33,39). The third kappa shape index (κ3) is 10.7. The van der Waals surface area contributed by atoms with Crippen LogP contribution in [0.25, 0.3) is 0 Å². The molecule has 0 radical (unpaired) electrons. The first-order chi connectivity index (χ1) is 19.7. The molecule has 0 aliphatic rings. The van der Waals surface area contributed by atoms with Crippen molar-refractivity contribution in [1.82, 2.24) is 10.3 Å². The van der Waals surface area contributed by atoms with Gasteiger partial charge in [0.05, 0.1) is 32.1 Å². The van der Waals surface area contributed by atoms with Crippen LogP contribution in [0.1, 0.15) is 29.2 Å². The number of hydrogen-bond acceptors (Lipinski definition) is 7. The molecule has 1 unspecified atom stereocenters. The summed E-state index contributed by atoms with van der Waals surface area (Å²) in [6.07, 6.45) is 1.12. The van der Waals surface area contributed by atoms with Crippen LogP contribution in [0, 0.1) is 6.92 Å². The van der Waals surface area contributed by atoms with Crippen molar-refractivity contribution in [2.75, 3.05) is 42.9 Å². The van der Waals surface area contributed by atoms with Gasteiger partial charge in [0.2, 0.25) is 11.8 Å². The molecule has 41 heavy (non-hydrogen) atoms. The van der Waals surface area contributed by atoms with Gasteiger partial charge in [0.15, 0.2) is 0 Å². The molecule has 1 atom stereocenters. The number of carboxylic acids is 1. The fourth-order valence-corrected chi connectivity index (χ4v) is 3.73. The molecule has 0 saturated heterocycles. The van der Waals surface area contributed by atoms with Crippen LogP contribution in [0.3, 0.4) is 0 Å². The van der Waals surface area contributed by atoms with E-state index in [0.29, 0.717) is 23.5 Å². The van der Waals surface area contributed by atoms with Gasteiger partial charge in [-0.1, -0.05) is 36.4 Å². The van der Waals surface area contributed by atoms with Crippen LogP contribution in [0.4, 0.5) is 22.0 Å². The largest absolute Gasteiger partial charge is 0.481 e. The molecule has 0 aliphatic carbocycles. The Hall–Kier alpha value is -4.81. The van der Waals surface area contributed by atoms with E-state index in [1.54, 1.807) is 30.3 Å². The number of aromatic nitrogens is 1. The summed E-state index contributed by atoms with van der Waals surface area (Å²) < 4.78 is 10.0. The molecule has 12 nitrogen and oxygen atoms in total. The molecule has 12 heteroatoms. The summed E-state index contributed by atoms with van der Waals surface area (Å²) in [6.45, 7) is 2.23. The number of urea groups is 1. The summed E-state index contributed by atoms with van der Waals surface area (Å²) in [5.74, 6) is -1.61. The van der Waals surface area contributed by atoms with Gasteiger partial charge in [0.1, 0.15) is 12.4 Å². The highest BCUT2D eigenvalue weighted by atomic mass is 16.5. The van der Waals surface area contributed by atoms with E-state index in [1.165, 1.54) is 19.4 Å². The number of aliphatic carboxylic acids is 1. The Balaban J connectivity index is 1.50. The summed E-state index contributed by atoms with van der Waals surface area (Å²) in [7, 11) is 1.51. The van der Waals surface area contributed by atoms with E-state index >= 15 is 0 Å². The Morgan fingerprint density at radius 1 is 0.902 bits per heavy atom. The third-order valence-electron chi connectivity index (χ3n) is 5.80.